The van der Waals surface area contributed by atoms with Crippen molar-refractivity contribution < 1.29 is 51.2 Å². The van der Waals surface area contributed by atoms with Gasteiger partial charge in [-0.2, -0.15) is 5.26 Å². The fourth-order valence-corrected chi connectivity index (χ4v) is 7.27. The quantitative estimate of drug-likeness (QED) is 0.0909. The van der Waals surface area contributed by atoms with Gasteiger partial charge in [-0.25, -0.2) is 9.46 Å². The first-order chi connectivity index (χ1) is 23.6. The van der Waals surface area contributed by atoms with Gasteiger partial charge in [-0.1, -0.05) is 0 Å². The van der Waals surface area contributed by atoms with Crippen molar-refractivity contribution in [2.45, 2.75) is 112 Å². The summed E-state index contributed by atoms with van der Waals surface area (Å²) in [6.45, 7) is 16.1. The third-order valence-electron chi connectivity index (χ3n) is 7.03. The number of aromatic nitrogens is 2. The molecule has 0 spiro atoms. The van der Waals surface area contributed by atoms with E-state index in [2.05, 4.69) is 4.98 Å². The van der Waals surface area contributed by atoms with Gasteiger partial charge in [-0.15, -0.1) is 0 Å². The number of carbonyl (C=O) groups excluding carboxylic acids is 2. The largest absolute Gasteiger partial charge is 0.438 e. The second-order valence-corrected chi connectivity index (χ2v) is 17.4. The Kier molecular flexibility index (Phi) is 16.8. The Hall–Kier alpha value is -2.77. The van der Waals surface area contributed by atoms with Crippen LogP contribution in [0.5, 0.6) is 0 Å². The third-order valence-corrected chi connectivity index (χ3v) is 10.6. The lowest BCUT2D eigenvalue weighted by Gasteiger charge is -2.38. The molecule has 1 N–H and O–H groups in total. The number of hydrogen-bond acceptors (Lipinski definition) is 15. The topological polar surface area (TPSA) is 207 Å². The lowest BCUT2D eigenvalue weighted by Crippen LogP contribution is -2.41. The van der Waals surface area contributed by atoms with Gasteiger partial charge in [0.2, 0.25) is 13.6 Å². The predicted octanol–water partition coefficient (Wildman–Crippen LogP) is 4.94. The molecule has 17 nitrogen and oxygen atoms in total. The first-order valence-electron chi connectivity index (χ1n) is 16.3. The van der Waals surface area contributed by atoms with E-state index in [4.69, 9.17) is 42.3 Å². The summed E-state index contributed by atoms with van der Waals surface area (Å²) in [6, 6.07) is 3.05. The highest BCUT2D eigenvalue weighted by atomic mass is 31.2. The standard InChI is InChI=1S/C32H52N4O13P2/c1-21(2)36(22(3)4)50(45-17-12-15-33)49-25-23(48-27(26(25)42-11)35-16-13-24(37)34-30(35)40)14-18-51(41,46-19-43-28(38)31(5,6)7)47-20-44-29(39)32(8,9)10/h13-14,16,18,21-23,25-27H,12,17,19-20H2,1-11H3,(H,34,37,40)/b18-14+/t23-,25+,26+,27-,50?/m1/s1. The second-order valence-electron chi connectivity index (χ2n) is 14.1. The summed E-state index contributed by atoms with van der Waals surface area (Å²) in [4.78, 5) is 51.6. The number of aromatic amines is 1. The van der Waals surface area contributed by atoms with E-state index >= 15 is 0 Å². The molecule has 0 amide bonds. The van der Waals surface area contributed by atoms with Gasteiger partial charge in [0, 0.05) is 37.3 Å². The highest BCUT2D eigenvalue weighted by Gasteiger charge is 2.49. The number of nitriles is 1. The van der Waals surface area contributed by atoms with Gasteiger partial charge < -0.3 is 28.0 Å². The Morgan fingerprint density at radius 1 is 1.04 bits per heavy atom. The fraction of sp³-hybridized carbons (Fsp3) is 0.719. The van der Waals surface area contributed by atoms with Crippen molar-refractivity contribution >= 4 is 28.1 Å². The number of esters is 2. The van der Waals surface area contributed by atoms with Crippen molar-refractivity contribution in [2.24, 2.45) is 10.8 Å². The molecule has 2 rings (SSSR count). The van der Waals surface area contributed by atoms with Crippen LogP contribution >= 0.6 is 16.1 Å². The molecule has 1 aliphatic heterocycles. The van der Waals surface area contributed by atoms with E-state index in [0.717, 1.165) is 16.5 Å². The molecule has 1 unspecified atom stereocenters. The number of ether oxygens (including phenoxy) is 4. The lowest BCUT2D eigenvalue weighted by molar-refractivity contribution is -0.161. The molecule has 1 aliphatic rings. The van der Waals surface area contributed by atoms with E-state index < -0.39 is 88.3 Å². The van der Waals surface area contributed by atoms with Crippen LogP contribution in [0.25, 0.3) is 0 Å². The average molecular weight is 763 g/mol. The first kappa shape index (κ1) is 44.4. The monoisotopic (exact) mass is 762 g/mol. The number of H-pyrrole nitrogens is 1. The molecule has 51 heavy (non-hydrogen) atoms. The summed E-state index contributed by atoms with van der Waals surface area (Å²) in [6.07, 6.45) is -1.70. The van der Waals surface area contributed by atoms with E-state index in [1.54, 1.807) is 41.5 Å². The number of carbonyl (C=O) groups is 2. The molecular weight excluding hydrogens is 710 g/mol. The maximum Gasteiger partial charge on any atom is 0.359 e. The summed E-state index contributed by atoms with van der Waals surface area (Å²) in [5.41, 5.74) is -3.17. The van der Waals surface area contributed by atoms with Gasteiger partial charge in [0.15, 0.2) is 6.23 Å². The smallest absolute Gasteiger partial charge is 0.359 e. The first-order valence-corrected chi connectivity index (χ1v) is 19.1. The molecule has 0 aromatic carbocycles. The van der Waals surface area contributed by atoms with E-state index in [9.17, 15) is 23.7 Å². The van der Waals surface area contributed by atoms with Crippen LogP contribution < -0.4 is 11.2 Å². The molecule has 19 heteroatoms. The predicted molar refractivity (Wildman–Crippen MR) is 186 cm³/mol. The molecule has 5 atom stereocenters. The molecule has 0 aliphatic carbocycles. The highest BCUT2D eigenvalue weighted by Crippen LogP contribution is 2.53. The van der Waals surface area contributed by atoms with E-state index in [1.165, 1.54) is 19.4 Å². The minimum absolute atomic E-state index is 0.0597. The minimum Gasteiger partial charge on any atom is -0.438 e. The molecule has 1 saturated heterocycles. The molecule has 1 aromatic rings. The van der Waals surface area contributed by atoms with Crippen LogP contribution in [-0.2, 0) is 51.2 Å². The second kappa shape index (κ2) is 19.3. The summed E-state index contributed by atoms with van der Waals surface area (Å²) >= 11 is 0. The van der Waals surface area contributed by atoms with Crippen molar-refractivity contribution in [3.63, 3.8) is 0 Å². The highest BCUT2D eigenvalue weighted by molar-refractivity contribution is 7.57. The van der Waals surface area contributed by atoms with E-state index in [-0.39, 0.29) is 25.1 Å². The normalized spacial score (nSPS) is 20.6. The Bertz CT molecular complexity index is 1500. The van der Waals surface area contributed by atoms with Crippen molar-refractivity contribution in [1.29, 1.82) is 5.26 Å². The van der Waals surface area contributed by atoms with Gasteiger partial charge in [0.05, 0.1) is 29.9 Å². The van der Waals surface area contributed by atoms with Gasteiger partial charge in [-0.3, -0.25) is 37.5 Å². The van der Waals surface area contributed by atoms with E-state index in [1.807, 2.05) is 38.4 Å². The zero-order chi connectivity index (χ0) is 38.7. The number of hydrogen-bond donors (Lipinski definition) is 1. The van der Waals surface area contributed by atoms with Crippen molar-refractivity contribution in [1.82, 2.24) is 14.2 Å². The van der Waals surface area contributed by atoms with E-state index in [0.29, 0.717) is 0 Å². The van der Waals surface area contributed by atoms with Gasteiger partial charge in [0.1, 0.15) is 18.3 Å². The van der Waals surface area contributed by atoms with Crippen molar-refractivity contribution in [2.75, 3.05) is 27.3 Å². The zero-order valence-electron chi connectivity index (χ0n) is 31.1. The summed E-state index contributed by atoms with van der Waals surface area (Å²) in [7, 11) is -4.86. The summed E-state index contributed by atoms with van der Waals surface area (Å²) < 4.78 is 63.0. The third kappa shape index (κ3) is 13.3. The van der Waals surface area contributed by atoms with Gasteiger partial charge in [-0.05, 0) is 75.3 Å². The average Bonchev–Trinajstić information content (AvgIpc) is 3.35. The van der Waals surface area contributed by atoms with Crippen LogP contribution in [0, 0.1) is 22.2 Å². The number of rotatable bonds is 18. The van der Waals surface area contributed by atoms with Crippen LogP contribution in [0.1, 0.15) is 81.9 Å². The van der Waals surface area contributed by atoms with Crippen LogP contribution in [0.3, 0.4) is 0 Å². The van der Waals surface area contributed by atoms with Crippen LogP contribution in [0.2, 0.25) is 0 Å². The Labute approximate surface area is 300 Å². The minimum atomic E-state index is -4.36. The zero-order valence-corrected chi connectivity index (χ0v) is 32.9. The van der Waals surface area contributed by atoms with Crippen LogP contribution in [0.15, 0.2) is 33.7 Å². The number of nitrogens with zero attached hydrogens (tertiary/aromatic N) is 3. The summed E-state index contributed by atoms with van der Waals surface area (Å²) in [5, 5.41) is 9.17. The van der Waals surface area contributed by atoms with Crippen molar-refractivity contribution in [3.05, 3.63) is 45.0 Å². The SMILES string of the molecule is CO[C@H]1[C@@H](OP(OCCC#N)N(C(C)C)C(C)C)[C@@H](/C=C/P(=O)(OCOC(=O)C(C)(C)C)OCOC(=O)C(C)(C)C)O[C@H]1n1ccc(=O)[nH]c1=O. The fourth-order valence-electron chi connectivity index (χ4n) is 4.49. The van der Waals surface area contributed by atoms with Crippen LogP contribution in [-0.4, -0.2) is 83.9 Å². The molecule has 0 radical (unpaired) electrons. The van der Waals surface area contributed by atoms with Gasteiger partial charge in [0.25, 0.3) is 14.1 Å². The lowest BCUT2D eigenvalue weighted by atomic mass is 9.98. The Morgan fingerprint density at radius 3 is 2.04 bits per heavy atom. The molecule has 0 bridgehead atoms. The van der Waals surface area contributed by atoms with Crippen molar-refractivity contribution in [3.8, 4) is 6.07 Å². The molecular formula is C32H52N4O13P2. The number of nitrogens with one attached hydrogen (secondary N) is 1. The number of methoxy groups -OCH3 is 1. The molecule has 2 heterocycles. The van der Waals surface area contributed by atoms with Gasteiger partial charge >= 0.3 is 25.2 Å². The maximum atomic E-state index is 14.0. The Morgan fingerprint density at radius 2 is 1.59 bits per heavy atom. The molecule has 0 saturated carbocycles. The maximum absolute atomic E-state index is 14.0. The van der Waals surface area contributed by atoms with Crippen LogP contribution in [0.4, 0.5) is 0 Å². The summed E-state index contributed by atoms with van der Waals surface area (Å²) in [5.74, 6) is -0.228. The molecule has 1 fully saturated rings. The Balaban J connectivity index is 2.59. The molecule has 288 valence electrons. The molecule has 1 aromatic heterocycles.